The van der Waals surface area contributed by atoms with Gasteiger partial charge in [-0.3, -0.25) is 4.79 Å². The van der Waals surface area contributed by atoms with Crippen LogP contribution in [-0.4, -0.2) is 23.7 Å². The first-order valence-corrected chi connectivity index (χ1v) is 9.06. The lowest BCUT2D eigenvalue weighted by Gasteiger charge is -2.57. The average Bonchev–Trinajstić information content (AvgIpc) is 2.91. The molecule has 0 aromatic heterocycles. The number of esters is 1. The van der Waals surface area contributed by atoms with Crippen LogP contribution in [0.5, 0.6) is 0 Å². The van der Waals surface area contributed by atoms with Gasteiger partial charge in [-0.1, -0.05) is 25.5 Å². The van der Waals surface area contributed by atoms with Crippen LogP contribution >= 0.6 is 0 Å². The van der Waals surface area contributed by atoms with E-state index >= 15 is 0 Å². The van der Waals surface area contributed by atoms with Crippen molar-refractivity contribution in [1.29, 1.82) is 0 Å². The minimum Gasteiger partial charge on any atom is -0.481 e. The zero-order valence-electron chi connectivity index (χ0n) is 14.8. The van der Waals surface area contributed by atoms with E-state index in [4.69, 9.17) is 4.74 Å². The molecule has 0 saturated heterocycles. The van der Waals surface area contributed by atoms with Gasteiger partial charge >= 0.3 is 11.9 Å². The normalized spacial score (nSPS) is 39.2. The number of hydrogen-bond acceptors (Lipinski definition) is 3. The number of carboxylic acid groups (broad SMARTS) is 1. The van der Waals surface area contributed by atoms with Crippen molar-refractivity contribution < 1.29 is 19.4 Å². The lowest BCUT2D eigenvalue weighted by atomic mass is 9.46. The van der Waals surface area contributed by atoms with Crippen LogP contribution in [0.3, 0.4) is 0 Å². The number of hydrogen-bond donors (Lipinski definition) is 1. The molecule has 0 aromatic rings. The molecule has 132 valence electrons. The summed E-state index contributed by atoms with van der Waals surface area (Å²) in [6, 6.07) is 0. The molecule has 0 unspecified atom stereocenters. The van der Waals surface area contributed by atoms with E-state index in [1.165, 1.54) is 5.57 Å². The van der Waals surface area contributed by atoms with Crippen molar-refractivity contribution in [3.8, 4) is 0 Å². The van der Waals surface area contributed by atoms with Crippen LogP contribution in [0, 0.1) is 22.7 Å². The molecule has 0 spiro atoms. The standard InChI is InChI=1S/C20H28O4/c1-13-5-8-16-19(2,10-4-11-20(16,3)18(22)23)15(13)7-6-14-9-12-24-17(14)21/h9,15-16H,1,4-8,10-12H2,2-3H3,(H,22,23)/t15-,16+,19+,20-/m1/s1. The van der Waals surface area contributed by atoms with Crippen LogP contribution in [-0.2, 0) is 14.3 Å². The smallest absolute Gasteiger partial charge is 0.334 e. The summed E-state index contributed by atoms with van der Waals surface area (Å²) in [6.45, 7) is 8.88. The Balaban J connectivity index is 1.83. The van der Waals surface area contributed by atoms with E-state index in [1.807, 2.05) is 13.0 Å². The van der Waals surface area contributed by atoms with Crippen molar-refractivity contribution in [1.82, 2.24) is 0 Å². The first-order chi connectivity index (χ1) is 11.3. The van der Waals surface area contributed by atoms with Crippen molar-refractivity contribution in [2.45, 2.75) is 58.8 Å². The number of fused-ring (bicyclic) bond motifs is 1. The zero-order chi connectivity index (χ0) is 17.5. The highest BCUT2D eigenvalue weighted by Gasteiger charge is 2.57. The van der Waals surface area contributed by atoms with E-state index in [2.05, 4.69) is 13.5 Å². The highest BCUT2D eigenvalue weighted by atomic mass is 16.5. The monoisotopic (exact) mass is 332 g/mol. The predicted octanol–water partition coefficient (Wildman–Crippen LogP) is 4.11. The third kappa shape index (κ3) is 2.60. The van der Waals surface area contributed by atoms with Gasteiger partial charge in [-0.25, -0.2) is 4.79 Å². The van der Waals surface area contributed by atoms with Crippen molar-refractivity contribution in [2.24, 2.45) is 22.7 Å². The van der Waals surface area contributed by atoms with E-state index in [1.54, 1.807) is 0 Å². The van der Waals surface area contributed by atoms with Crippen molar-refractivity contribution in [3.63, 3.8) is 0 Å². The molecule has 0 aromatic carbocycles. The van der Waals surface area contributed by atoms with Crippen LogP contribution < -0.4 is 0 Å². The van der Waals surface area contributed by atoms with E-state index in [0.29, 0.717) is 13.0 Å². The van der Waals surface area contributed by atoms with Gasteiger partial charge in [0.25, 0.3) is 0 Å². The fourth-order valence-electron chi connectivity index (χ4n) is 5.64. The Kier molecular flexibility index (Phi) is 4.35. The van der Waals surface area contributed by atoms with Gasteiger partial charge < -0.3 is 9.84 Å². The molecule has 1 heterocycles. The largest absolute Gasteiger partial charge is 0.481 e. The summed E-state index contributed by atoms with van der Waals surface area (Å²) in [4.78, 5) is 23.7. The Bertz CT molecular complexity index is 605. The molecule has 2 saturated carbocycles. The minimum atomic E-state index is -0.660. The van der Waals surface area contributed by atoms with Crippen molar-refractivity contribution in [3.05, 3.63) is 23.8 Å². The van der Waals surface area contributed by atoms with E-state index in [-0.39, 0.29) is 23.2 Å². The summed E-state index contributed by atoms with van der Waals surface area (Å²) in [5.41, 5.74) is 1.32. The molecule has 3 rings (SSSR count). The summed E-state index contributed by atoms with van der Waals surface area (Å²) >= 11 is 0. The lowest BCUT2D eigenvalue weighted by Crippen LogP contribution is -2.53. The van der Waals surface area contributed by atoms with Gasteiger partial charge in [0.1, 0.15) is 6.61 Å². The molecule has 1 aliphatic heterocycles. The van der Waals surface area contributed by atoms with E-state index in [9.17, 15) is 14.7 Å². The molecular formula is C20H28O4. The second-order valence-electron chi connectivity index (χ2n) is 8.25. The maximum absolute atomic E-state index is 12.0. The number of aliphatic carboxylic acids is 1. The molecule has 0 bridgehead atoms. The number of allylic oxidation sites excluding steroid dienone is 1. The van der Waals surface area contributed by atoms with Gasteiger partial charge in [0.2, 0.25) is 0 Å². The molecule has 0 amide bonds. The highest BCUT2D eigenvalue weighted by Crippen LogP contribution is 2.62. The fraction of sp³-hybridized carbons (Fsp3) is 0.700. The third-order valence-electron chi connectivity index (χ3n) is 7.02. The van der Waals surface area contributed by atoms with Gasteiger partial charge in [-0.2, -0.15) is 0 Å². The number of rotatable bonds is 4. The number of carboxylic acids is 1. The van der Waals surface area contributed by atoms with E-state index < -0.39 is 11.4 Å². The topological polar surface area (TPSA) is 63.6 Å². The minimum absolute atomic E-state index is 0.0379. The maximum atomic E-state index is 12.0. The second kappa shape index (κ2) is 6.05. The van der Waals surface area contributed by atoms with Crippen molar-refractivity contribution in [2.75, 3.05) is 6.61 Å². The summed E-state index contributed by atoms with van der Waals surface area (Å²) < 4.78 is 5.00. The van der Waals surface area contributed by atoms with Gasteiger partial charge in [-0.15, -0.1) is 0 Å². The molecule has 3 aliphatic rings. The number of carbonyl (C=O) groups excluding carboxylic acids is 1. The van der Waals surface area contributed by atoms with Gasteiger partial charge in [-0.05, 0) is 68.8 Å². The van der Waals surface area contributed by atoms with E-state index in [0.717, 1.165) is 44.1 Å². The molecule has 4 atom stereocenters. The Morgan fingerprint density at radius 3 is 2.79 bits per heavy atom. The van der Waals surface area contributed by atoms with Gasteiger partial charge in [0.15, 0.2) is 0 Å². The van der Waals surface area contributed by atoms with Crippen LogP contribution in [0.15, 0.2) is 23.8 Å². The maximum Gasteiger partial charge on any atom is 0.334 e. The van der Waals surface area contributed by atoms with Crippen LogP contribution in [0.4, 0.5) is 0 Å². The molecular weight excluding hydrogens is 304 g/mol. The summed E-state index contributed by atoms with van der Waals surface area (Å²) in [7, 11) is 0. The Morgan fingerprint density at radius 1 is 1.42 bits per heavy atom. The Hall–Kier alpha value is -1.58. The SMILES string of the molecule is C=C1CC[C@H]2[C@@](C)(CCC[C@@]2(C)C(=O)O)[C@@H]1CCC1=CCOC1=O. The molecule has 1 N–H and O–H groups in total. The Morgan fingerprint density at radius 2 is 2.17 bits per heavy atom. The van der Waals surface area contributed by atoms with Crippen LogP contribution in [0.2, 0.25) is 0 Å². The van der Waals surface area contributed by atoms with Crippen LogP contribution in [0.1, 0.15) is 58.8 Å². The highest BCUT2D eigenvalue weighted by molar-refractivity contribution is 5.90. The molecule has 4 nitrogen and oxygen atoms in total. The third-order valence-corrected chi connectivity index (χ3v) is 7.02. The van der Waals surface area contributed by atoms with Crippen molar-refractivity contribution >= 4 is 11.9 Å². The average molecular weight is 332 g/mol. The number of ether oxygens (including phenoxy) is 1. The zero-order valence-corrected chi connectivity index (χ0v) is 14.8. The molecule has 2 fully saturated rings. The number of carbonyl (C=O) groups is 2. The quantitative estimate of drug-likeness (QED) is 0.621. The molecule has 4 heteroatoms. The molecule has 24 heavy (non-hydrogen) atoms. The first-order valence-electron chi connectivity index (χ1n) is 9.06. The summed E-state index contributed by atoms with van der Waals surface area (Å²) in [6.07, 6.45) is 8.01. The van der Waals surface area contributed by atoms with Gasteiger partial charge in [0, 0.05) is 5.57 Å². The number of cyclic esters (lactones) is 1. The first kappa shape index (κ1) is 17.2. The van der Waals surface area contributed by atoms with Gasteiger partial charge in [0.05, 0.1) is 5.41 Å². The Labute approximate surface area is 144 Å². The lowest BCUT2D eigenvalue weighted by molar-refractivity contribution is -0.164. The summed E-state index contributed by atoms with van der Waals surface area (Å²) in [5.74, 6) is -0.398. The fourth-order valence-corrected chi connectivity index (χ4v) is 5.64. The second-order valence-corrected chi connectivity index (χ2v) is 8.25. The van der Waals surface area contributed by atoms with Crippen LogP contribution in [0.25, 0.3) is 0 Å². The molecule has 0 radical (unpaired) electrons. The summed E-state index contributed by atoms with van der Waals surface area (Å²) in [5, 5.41) is 9.85. The molecule has 2 aliphatic carbocycles. The predicted molar refractivity (Wildman–Crippen MR) is 91.3 cm³/mol.